The number of ether oxygens (including phenoxy) is 2. The van der Waals surface area contributed by atoms with Crippen molar-refractivity contribution < 1.29 is 9.47 Å². The lowest BCUT2D eigenvalue weighted by molar-refractivity contribution is -0.0901. The minimum atomic E-state index is 0.312. The van der Waals surface area contributed by atoms with Crippen LogP contribution in [0.2, 0.25) is 0 Å². The molecule has 0 aromatic heterocycles. The van der Waals surface area contributed by atoms with Gasteiger partial charge in [0.1, 0.15) is 0 Å². The quantitative estimate of drug-likeness (QED) is 0.554. The van der Waals surface area contributed by atoms with Crippen molar-refractivity contribution in [2.24, 2.45) is 0 Å². The molecule has 10 heavy (non-hydrogen) atoms. The summed E-state index contributed by atoms with van der Waals surface area (Å²) < 4.78 is 10.6. The Kier molecular flexibility index (Phi) is 3.47. The number of hydrogen-bond acceptors (Lipinski definition) is 2. The van der Waals surface area contributed by atoms with E-state index in [4.69, 9.17) is 9.47 Å². The van der Waals surface area contributed by atoms with Gasteiger partial charge in [-0.1, -0.05) is 6.08 Å². The van der Waals surface area contributed by atoms with Gasteiger partial charge in [-0.15, -0.1) is 6.58 Å². The fraction of sp³-hybridized carbons (Fsp3) is 0.750. The Balaban J connectivity index is 2.07. The second kappa shape index (κ2) is 4.47. The molecule has 0 aliphatic carbocycles. The standard InChI is InChI=1S/C8H14O2/c1-2-3-4-8-7-9-5-6-10-8/h2,8H,1,3-7H2. The SMILES string of the molecule is C=CCCC1COCCO1. The summed E-state index contributed by atoms with van der Waals surface area (Å²) in [5.74, 6) is 0. The van der Waals surface area contributed by atoms with Gasteiger partial charge in [0, 0.05) is 0 Å². The summed E-state index contributed by atoms with van der Waals surface area (Å²) in [7, 11) is 0. The van der Waals surface area contributed by atoms with Gasteiger partial charge < -0.3 is 9.47 Å². The van der Waals surface area contributed by atoms with Crippen LogP contribution < -0.4 is 0 Å². The summed E-state index contributed by atoms with van der Waals surface area (Å²) in [4.78, 5) is 0. The van der Waals surface area contributed by atoms with Crippen molar-refractivity contribution in [1.82, 2.24) is 0 Å². The molecule has 1 fully saturated rings. The average molecular weight is 142 g/mol. The Bertz CT molecular complexity index is 95.4. The Morgan fingerprint density at radius 1 is 1.50 bits per heavy atom. The molecule has 0 amide bonds. The maximum Gasteiger partial charge on any atom is 0.0812 e. The maximum absolute atomic E-state index is 5.41. The van der Waals surface area contributed by atoms with E-state index < -0.39 is 0 Å². The molecule has 1 rings (SSSR count). The Hall–Kier alpha value is -0.340. The van der Waals surface area contributed by atoms with Gasteiger partial charge >= 0.3 is 0 Å². The largest absolute Gasteiger partial charge is 0.376 e. The summed E-state index contributed by atoms with van der Waals surface area (Å²) in [6, 6.07) is 0. The molecule has 0 aromatic carbocycles. The summed E-state index contributed by atoms with van der Waals surface area (Å²) in [6.45, 7) is 5.91. The summed E-state index contributed by atoms with van der Waals surface area (Å²) in [6.07, 6.45) is 4.29. The molecule has 0 saturated carbocycles. The Morgan fingerprint density at radius 3 is 3.00 bits per heavy atom. The summed E-state index contributed by atoms with van der Waals surface area (Å²) in [5.41, 5.74) is 0. The van der Waals surface area contributed by atoms with Crippen LogP contribution in [-0.4, -0.2) is 25.9 Å². The summed E-state index contributed by atoms with van der Waals surface area (Å²) >= 11 is 0. The molecule has 1 heterocycles. The van der Waals surface area contributed by atoms with Crippen LogP contribution in [-0.2, 0) is 9.47 Å². The zero-order valence-electron chi connectivity index (χ0n) is 6.21. The minimum absolute atomic E-state index is 0.312. The van der Waals surface area contributed by atoms with Gasteiger partial charge in [0.25, 0.3) is 0 Å². The highest BCUT2D eigenvalue weighted by molar-refractivity contribution is 4.70. The van der Waals surface area contributed by atoms with Crippen molar-refractivity contribution in [3.8, 4) is 0 Å². The first-order valence-electron chi connectivity index (χ1n) is 3.73. The highest BCUT2D eigenvalue weighted by Crippen LogP contribution is 2.07. The van der Waals surface area contributed by atoms with E-state index in [-0.39, 0.29) is 0 Å². The van der Waals surface area contributed by atoms with Gasteiger partial charge in [-0.3, -0.25) is 0 Å². The van der Waals surface area contributed by atoms with Crippen LogP contribution in [0.5, 0.6) is 0 Å². The monoisotopic (exact) mass is 142 g/mol. The lowest BCUT2D eigenvalue weighted by Gasteiger charge is -2.22. The number of allylic oxidation sites excluding steroid dienone is 1. The third-order valence-corrected chi connectivity index (χ3v) is 1.58. The van der Waals surface area contributed by atoms with Crippen molar-refractivity contribution >= 4 is 0 Å². The van der Waals surface area contributed by atoms with E-state index in [1.165, 1.54) is 0 Å². The van der Waals surface area contributed by atoms with E-state index in [0.29, 0.717) is 6.10 Å². The van der Waals surface area contributed by atoms with Gasteiger partial charge in [0.05, 0.1) is 25.9 Å². The first-order valence-corrected chi connectivity index (χ1v) is 3.73. The molecule has 1 saturated heterocycles. The van der Waals surface area contributed by atoms with Crippen molar-refractivity contribution in [2.45, 2.75) is 18.9 Å². The fourth-order valence-corrected chi connectivity index (χ4v) is 1.01. The first-order chi connectivity index (χ1) is 4.93. The molecule has 0 radical (unpaired) electrons. The van der Waals surface area contributed by atoms with Crippen LogP contribution in [0, 0.1) is 0 Å². The molecule has 0 bridgehead atoms. The zero-order chi connectivity index (χ0) is 7.23. The topological polar surface area (TPSA) is 18.5 Å². The van der Waals surface area contributed by atoms with Crippen molar-refractivity contribution in [3.05, 3.63) is 12.7 Å². The summed E-state index contributed by atoms with van der Waals surface area (Å²) in [5, 5.41) is 0. The van der Waals surface area contributed by atoms with Crippen molar-refractivity contribution in [2.75, 3.05) is 19.8 Å². The second-order valence-corrected chi connectivity index (χ2v) is 2.43. The lowest BCUT2D eigenvalue weighted by atomic mass is 10.2. The molecule has 0 aromatic rings. The number of rotatable bonds is 3. The molecule has 58 valence electrons. The van der Waals surface area contributed by atoms with Gasteiger partial charge in [-0.05, 0) is 12.8 Å². The van der Waals surface area contributed by atoms with Gasteiger partial charge in [-0.2, -0.15) is 0 Å². The van der Waals surface area contributed by atoms with Crippen LogP contribution in [0.15, 0.2) is 12.7 Å². The van der Waals surface area contributed by atoms with E-state index in [0.717, 1.165) is 32.7 Å². The Labute approximate surface area is 61.8 Å². The van der Waals surface area contributed by atoms with Crippen molar-refractivity contribution in [3.63, 3.8) is 0 Å². The predicted octanol–water partition coefficient (Wildman–Crippen LogP) is 1.37. The second-order valence-electron chi connectivity index (χ2n) is 2.43. The molecule has 0 N–H and O–H groups in total. The molecular formula is C8H14O2. The molecule has 1 atom stereocenters. The molecule has 1 aliphatic rings. The molecule has 2 heteroatoms. The van der Waals surface area contributed by atoms with Crippen LogP contribution >= 0.6 is 0 Å². The molecule has 1 unspecified atom stereocenters. The van der Waals surface area contributed by atoms with Gasteiger partial charge in [0.15, 0.2) is 0 Å². The van der Waals surface area contributed by atoms with E-state index in [1.54, 1.807) is 0 Å². The van der Waals surface area contributed by atoms with E-state index in [1.807, 2.05) is 6.08 Å². The highest BCUT2D eigenvalue weighted by atomic mass is 16.6. The Morgan fingerprint density at radius 2 is 2.40 bits per heavy atom. The predicted molar refractivity (Wildman–Crippen MR) is 40.0 cm³/mol. The van der Waals surface area contributed by atoms with E-state index >= 15 is 0 Å². The molecular weight excluding hydrogens is 128 g/mol. The van der Waals surface area contributed by atoms with Crippen LogP contribution in [0.1, 0.15) is 12.8 Å². The third kappa shape index (κ3) is 2.50. The fourth-order valence-electron chi connectivity index (χ4n) is 1.01. The molecule has 2 nitrogen and oxygen atoms in total. The average Bonchev–Trinajstić information content (AvgIpc) is 2.03. The molecule has 1 aliphatic heterocycles. The normalized spacial score (nSPS) is 26.2. The minimum Gasteiger partial charge on any atom is -0.376 e. The first kappa shape index (κ1) is 7.76. The van der Waals surface area contributed by atoms with Crippen LogP contribution in [0.4, 0.5) is 0 Å². The highest BCUT2D eigenvalue weighted by Gasteiger charge is 2.12. The molecule has 0 spiro atoms. The number of hydrogen-bond donors (Lipinski definition) is 0. The van der Waals surface area contributed by atoms with Gasteiger partial charge in [0.2, 0.25) is 0 Å². The van der Waals surface area contributed by atoms with Gasteiger partial charge in [-0.25, -0.2) is 0 Å². The smallest absolute Gasteiger partial charge is 0.0812 e. The van der Waals surface area contributed by atoms with Crippen molar-refractivity contribution in [1.29, 1.82) is 0 Å². The van der Waals surface area contributed by atoms with E-state index in [9.17, 15) is 0 Å². The lowest BCUT2D eigenvalue weighted by Crippen LogP contribution is -2.28. The van der Waals surface area contributed by atoms with E-state index in [2.05, 4.69) is 6.58 Å². The zero-order valence-corrected chi connectivity index (χ0v) is 6.21. The third-order valence-electron chi connectivity index (χ3n) is 1.58. The maximum atomic E-state index is 5.41. The van der Waals surface area contributed by atoms with Crippen LogP contribution in [0.25, 0.3) is 0 Å². The van der Waals surface area contributed by atoms with Crippen LogP contribution in [0.3, 0.4) is 0 Å².